The summed E-state index contributed by atoms with van der Waals surface area (Å²) in [5.74, 6) is 0.624. The Hall–Kier alpha value is -3.15. The lowest BCUT2D eigenvalue weighted by Gasteiger charge is -2.30. The first kappa shape index (κ1) is 22.1. The van der Waals surface area contributed by atoms with Gasteiger partial charge in [-0.15, -0.1) is 0 Å². The molecule has 0 unspecified atom stereocenters. The van der Waals surface area contributed by atoms with Gasteiger partial charge in [-0.2, -0.15) is 0 Å². The molecule has 1 aliphatic carbocycles. The smallest absolute Gasteiger partial charge is 0.246 e. The molecule has 2 amide bonds. The van der Waals surface area contributed by atoms with Gasteiger partial charge in [0.2, 0.25) is 17.7 Å². The summed E-state index contributed by atoms with van der Waals surface area (Å²) in [5, 5.41) is 3.04. The molecule has 0 bridgehead atoms. The minimum atomic E-state index is -0.0619. The Morgan fingerprint density at radius 3 is 2.56 bits per heavy atom. The highest BCUT2D eigenvalue weighted by Crippen LogP contribution is 2.23. The Bertz CT molecular complexity index is 930. The van der Waals surface area contributed by atoms with Crippen molar-refractivity contribution in [2.75, 3.05) is 13.1 Å². The number of amides is 2. The molecule has 0 atom stereocenters. The second-order valence-electron chi connectivity index (χ2n) is 8.59. The molecule has 1 aliphatic heterocycles. The molecule has 2 aliphatic rings. The van der Waals surface area contributed by atoms with Crippen molar-refractivity contribution < 1.29 is 14.3 Å². The van der Waals surface area contributed by atoms with Crippen molar-refractivity contribution in [3.05, 3.63) is 65.9 Å². The number of piperidine rings is 1. The van der Waals surface area contributed by atoms with Crippen LogP contribution in [0.15, 0.2) is 54.7 Å². The molecule has 6 nitrogen and oxygen atoms in total. The van der Waals surface area contributed by atoms with E-state index in [4.69, 9.17) is 4.74 Å². The van der Waals surface area contributed by atoms with Gasteiger partial charge in [0.25, 0.3) is 0 Å². The van der Waals surface area contributed by atoms with Crippen molar-refractivity contribution in [1.29, 1.82) is 0 Å². The fraction of sp³-hybridized carbons (Fsp3) is 0.423. The Morgan fingerprint density at radius 1 is 1.06 bits per heavy atom. The van der Waals surface area contributed by atoms with E-state index in [-0.39, 0.29) is 23.8 Å². The summed E-state index contributed by atoms with van der Waals surface area (Å²) >= 11 is 0. The number of pyridine rings is 1. The molecule has 0 spiro atoms. The van der Waals surface area contributed by atoms with E-state index in [1.807, 2.05) is 53.4 Å². The molecule has 1 aromatic carbocycles. The fourth-order valence-corrected chi connectivity index (χ4v) is 4.33. The zero-order valence-corrected chi connectivity index (χ0v) is 18.4. The van der Waals surface area contributed by atoms with Crippen LogP contribution < -0.4 is 10.1 Å². The van der Waals surface area contributed by atoms with E-state index < -0.39 is 0 Å². The molecular weight excluding hydrogens is 402 g/mol. The van der Waals surface area contributed by atoms with E-state index >= 15 is 0 Å². The highest BCUT2D eigenvalue weighted by Gasteiger charge is 2.26. The minimum Gasteiger partial charge on any atom is -0.474 e. The number of benzene rings is 1. The van der Waals surface area contributed by atoms with Crippen LogP contribution in [-0.4, -0.2) is 40.9 Å². The largest absolute Gasteiger partial charge is 0.474 e. The topological polar surface area (TPSA) is 71.5 Å². The van der Waals surface area contributed by atoms with Gasteiger partial charge in [0.15, 0.2) is 0 Å². The molecule has 2 heterocycles. The molecule has 4 rings (SSSR count). The van der Waals surface area contributed by atoms with Crippen molar-refractivity contribution >= 4 is 17.9 Å². The molecule has 32 heavy (non-hydrogen) atoms. The molecule has 1 aromatic heterocycles. The minimum absolute atomic E-state index is 0.000658. The van der Waals surface area contributed by atoms with E-state index in [2.05, 4.69) is 10.3 Å². The SMILES string of the molecule is O=C(NCc1ccnc(OC2CCCC2)c1)C1CCN(C(=O)/C=C/c2ccccc2)CC1. The predicted molar refractivity (Wildman–Crippen MR) is 124 cm³/mol. The van der Waals surface area contributed by atoms with E-state index in [1.54, 1.807) is 12.3 Å². The number of carbonyl (C=O) groups excluding carboxylic acids is 2. The summed E-state index contributed by atoms with van der Waals surface area (Å²) in [7, 11) is 0. The van der Waals surface area contributed by atoms with Crippen LogP contribution in [0, 0.1) is 5.92 Å². The molecule has 168 valence electrons. The first-order valence-corrected chi connectivity index (χ1v) is 11.6. The van der Waals surface area contributed by atoms with E-state index in [1.165, 1.54) is 12.8 Å². The number of nitrogens with zero attached hydrogens (tertiary/aromatic N) is 2. The van der Waals surface area contributed by atoms with E-state index in [0.717, 1.165) is 24.0 Å². The predicted octanol–water partition coefficient (Wildman–Crippen LogP) is 3.97. The first-order valence-electron chi connectivity index (χ1n) is 11.6. The average Bonchev–Trinajstić information content (AvgIpc) is 3.35. The van der Waals surface area contributed by atoms with Crippen molar-refractivity contribution in [3.63, 3.8) is 0 Å². The van der Waals surface area contributed by atoms with Gasteiger partial charge in [0, 0.05) is 43.9 Å². The number of nitrogens with one attached hydrogen (secondary N) is 1. The van der Waals surface area contributed by atoms with Gasteiger partial charge in [-0.3, -0.25) is 9.59 Å². The van der Waals surface area contributed by atoms with Crippen molar-refractivity contribution in [1.82, 2.24) is 15.2 Å². The first-order chi connectivity index (χ1) is 15.7. The van der Waals surface area contributed by atoms with Crippen molar-refractivity contribution in [2.45, 2.75) is 51.2 Å². The number of carbonyl (C=O) groups is 2. The van der Waals surface area contributed by atoms with Crippen LogP contribution >= 0.6 is 0 Å². The van der Waals surface area contributed by atoms with Gasteiger partial charge in [0.05, 0.1) is 0 Å². The maximum Gasteiger partial charge on any atom is 0.246 e. The van der Waals surface area contributed by atoms with E-state index in [9.17, 15) is 9.59 Å². The molecule has 0 radical (unpaired) electrons. The number of likely N-dealkylation sites (tertiary alicyclic amines) is 1. The van der Waals surface area contributed by atoms with Crippen LogP contribution in [0.25, 0.3) is 6.08 Å². The Morgan fingerprint density at radius 2 is 1.81 bits per heavy atom. The molecule has 6 heteroatoms. The molecule has 1 saturated heterocycles. The maximum atomic E-state index is 12.6. The summed E-state index contributed by atoms with van der Waals surface area (Å²) < 4.78 is 5.95. The number of rotatable bonds is 7. The molecule has 1 N–H and O–H groups in total. The molecular formula is C26H31N3O3. The van der Waals surface area contributed by atoms with Gasteiger partial charge < -0.3 is 15.0 Å². The summed E-state index contributed by atoms with van der Waals surface area (Å²) in [5.41, 5.74) is 1.99. The molecule has 2 fully saturated rings. The van der Waals surface area contributed by atoms with Crippen LogP contribution in [0.5, 0.6) is 5.88 Å². The summed E-state index contributed by atoms with van der Waals surface area (Å²) in [6.07, 6.45) is 11.4. The lowest BCUT2D eigenvalue weighted by molar-refractivity contribution is -0.132. The third kappa shape index (κ3) is 6.19. The maximum absolute atomic E-state index is 12.6. The van der Waals surface area contributed by atoms with Crippen LogP contribution in [0.4, 0.5) is 0 Å². The zero-order valence-electron chi connectivity index (χ0n) is 18.4. The van der Waals surface area contributed by atoms with Crippen LogP contribution in [0.3, 0.4) is 0 Å². The van der Waals surface area contributed by atoms with E-state index in [0.29, 0.717) is 38.4 Å². The van der Waals surface area contributed by atoms with Gasteiger partial charge in [-0.05, 0) is 61.8 Å². The zero-order chi connectivity index (χ0) is 22.2. The van der Waals surface area contributed by atoms with Gasteiger partial charge in [-0.1, -0.05) is 30.3 Å². The lowest BCUT2D eigenvalue weighted by Crippen LogP contribution is -2.42. The average molecular weight is 434 g/mol. The van der Waals surface area contributed by atoms with Gasteiger partial charge in [-0.25, -0.2) is 4.98 Å². The quantitative estimate of drug-likeness (QED) is 0.671. The normalized spacial score (nSPS) is 17.6. The van der Waals surface area contributed by atoms with Crippen LogP contribution in [0.1, 0.15) is 49.7 Å². The Labute approximate surface area is 189 Å². The Kier molecular flexibility index (Phi) is 7.54. The second kappa shape index (κ2) is 10.9. The molecule has 2 aromatic rings. The van der Waals surface area contributed by atoms with Crippen LogP contribution in [0.2, 0.25) is 0 Å². The van der Waals surface area contributed by atoms with Gasteiger partial charge >= 0.3 is 0 Å². The standard InChI is InChI=1S/C26H31N3O3/c30-25(11-10-20-6-2-1-3-7-20)29-16-13-22(14-17-29)26(31)28-19-21-12-15-27-24(18-21)32-23-8-4-5-9-23/h1-3,6-7,10-12,15,18,22-23H,4-5,8-9,13-14,16-17,19H2,(H,28,31)/b11-10+. The highest BCUT2D eigenvalue weighted by molar-refractivity contribution is 5.92. The highest BCUT2D eigenvalue weighted by atomic mass is 16.5. The van der Waals surface area contributed by atoms with Gasteiger partial charge in [0.1, 0.15) is 6.10 Å². The number of hydrogen-bond acceptors (Lipinski definition) is 4. The third-order valence-corrected chi connectivity index (χ3v) is 6.25. The van der Waals surface area contributed by atoms with Crippen LogP contribution in [-0.2, 0) is 16.1 Å². The third-order valence-electron chi connectivity index (χ3n) is 6.25. The van der Waals surface area contributed by atoms with Crippen molar-refractivity contribution in [2.24, 2.45) is 5.92 Å². The summed E-state index contributed by atoms with van der Waals surface area (Å²) in [4.78, 5) is 31.2. The number of hydrogen-bond donors (Lipinski definition) is 1. The number of aromatic nitrogens is 1. The summed E-state index contributed by atoms with van der Waals surface area (Å²) in [6.45, 7) is 1.66. The fourth-order valence-electron chi connectivity index (χ4n) is 4.33. The summed E-state index contributed by atoms with van der Waals surface area (Å²) in [6, 6.07) is 13.6. The number of ether oxygens (including phenoxy) is 1. The lowest BCUT2D eigenvalue weighted by atomic mass is 9.95. The Balaban J connectivity index is 1.21. The molecule has 1 saturated carbocycles. The monoisotopic (exact) mass is 433 g/mol. The van der Waals surface area contributed by atoms with Crippen molar-refractivity contribution in [3.8, 4) is 5.88 Å². The second-order valence-corrected chi connectivity index (χ2v) is 8.59.